The summed E-state index contributed by atoms with van der Waals surface area (Å²) in [6.07, 6.45) is 1.27. The molecule has 1 aromatic carbocycles. The molecule has 0 saturated carbocycles. The van der Waals surface area contributed by atoms with Gasteiger partial charge in [-0.3, -0.25) is 4.72 Å². The second kappa shape index (κ2) is 4.71. The molecule has 0 spiro atoms. The summed E-state index contributed by atoms with van der Waals surface area (Å²) >= 11 is 5.52. The molecule has 0 unspecified atom stereocenters. The molecule has 0 aliphatic carbocycles. The number of hydrogen-bond acceptors (Lipinski definition) is 4. The van der Waals surface area contributed by atoms with Crippen LogP contribution in [0, 0.1) is 5.82 Å². The normalized spacial score (nSPS) is 11.5. The van der Waals surface area contributed by atoms with Crippen molar-refractivity contribution in [3.8, 4) is 0 Å². The van der Waals surface area contributed by atoms with Crippen LogP contribution in [0.5, 0.6) is 0 Å². The van der Waals surface area contributed by atoms with Crippen molar-refractivity contribution in [2.45, 2.75) is 5.03 Å². The lowest BCUT2D eigenvalue weighted by Crippen LogP contribution is -2.17. The number of aromatic nitrogens is 2. The molecule has 0 radical (unpaired) electrons. The van der Waals surface area contributed by atoms with E-state index in [-0.39, 0.29) is 21.6 Å². The van der Waals surface area contributed by atoms with Gasteiger partial charge in [0.15, 0.2) is 10.8 Å². The minimum atomic E-state index is -3.95. The average Bonchev–Trinajstić information content (AvgIpc) is 2.64. The lowest BCUT2D eigenvalue weighted by molar-refractivity contribution is 0.591. The second-order valence-corrected chi connectivity index (χ2v) is 5.79. The highest BCUT2D eigenvalue weighted by Crippen LogP contribution is 2.23. The van der Waals surface area contributed by atoms with Crippen LogP contribution in [-0.2, 0) is 17.1 Å². The van der Waals surface area contributed by atoms with Crippen molar-refractivity contribution >= 4 is 33.1 Å². The maximum atomic E-state index is 13.2. The first kappa shape index (κ1) is 13.6. The Labute approximate surface area is 114 Å². The van der Waals surface area contributed by atoms with Crippen LogP contribution in [0.15, 0.2) is 29.6 Å². The summed E-state index contributed by atoms with van der Waals surface area (Å²) < 4.78 is 40.9. The van der Waals surface area contributed by atoms with E-state index in [1.165, 1.54) is 30.1 Å². The minimum absolute atomic E-state index is 0.0440. The molecule has 0 bridgehead atoms. The Bertz CT molecular complexity index is 710. The number of nitrogen functional groups attached to an aromatic ring is 1. The highest BCUT2D eigenvalue weighted by Gasteiger charge is 2.22. The lowest BCUT2D eigenvalue weighted by Gasteiger charge is -2.09. The van der Waals surface area contributed by atoms with Gasteiger partial charge in [0.25, 0.3) is 10.0 Å². The molecule has 0 aliphatic heterocycles. The van der Waals surface area contributed by atoms with Gasteiger partial charge in [-0.05, 0) is 18.2 Å². The number of nitrogens with one attached hydrogen (secondary N) is 1. The standard InChI is InChI=1S/C10H10ClFN4O2S/c1-16-5-14-9(13)10(16)19(17,18)15-6-2-3-7(11)8(12)4-6/h2-5,15H,13H2,1H3. The van der Waals surface area contributed by atoms with Crippen LogP contribution in [0.3, 0.4) is 0 Å². The largest absolute Gasteiger partial charge is 0.381 e. The lowest BCUT2D eigenvalue weighted by atomic mass is 10.3. The number of imidazole rings is 1. The zero-order valence-electron chi connectivity index (χ0n) is 9.76. The summed E-state index contributed by atoms with van der Waals surface area (Å²) in [6, 6.07) is 3.57. The molecule has 0 atom stereocenters. The Kier molecular flexibility index (Phi) is 3.38. The van der Waals surface area contributed by atoms with Gasteiger partial charge in [0.05, 0.1) is 17.0 Å². The van der Waals surface area contributed by atoms with Crippen LogP contribution in [0.25, 0.3) is 0 Å². The maximum absolute atomic E-state index is 13.2. The number of hydrogen-bond donors (Lipinski definition) is 2. The second-order valence-electron chi connectivity index (χ2n) is 3.78. The van der Waals surface area contributed by atoms with Gasteiger partial charge < -0.3 is 10.3 Å². The molecule has 1 aromatic heterocycles. The first-order valence-corrected chi connectivity index (χ1v) is 6.92. The van der Waals surface area contributed by atoms with Crippen molar-refractivity contribution in [2.24, 2.45) is 7.05 Å². The Hall–Kier alpha value is -1.80. The third-order valence-electron chi connectivity index (χ3n) is 2.34. The Morgan fingerprint density at radius 3 is 2.68 bits per heavy atom. The highest BCUT2D eigenvalue weighted by atomic mass is 35.5. The van der Waals surface area contributed by atoms with Gasteiger partial charge in [0.1, 0.15) is 5.82 Å². The van der Waals surface area contributed by atoms with E-state index in [0.29, 0.717) is 0 Å². The van der Waals surface area contributed by atoms with E-state index in [1.54, 1.807) is 0 Å². The number of aryl methyl sites for hydroxylation is 1. The van der Waals surface area contributed by atoms with Crippen molar-refractivity contribution in [1.29, 1.82) is 0 Å². The van der Waals surface area contributed by atoms with Crippen molar-refractivity contribution in [3.05, 3.63) is 35.4 Å². The number of anilines is 2. The van der Waals surface area contributed by atoms with Gasteiger partial charge in [-0.25, -0.2) is 9.37 Å². The summed E-state index contributed by atoms with van der Waals surface area (Å²) in [5.74, 6) is -0.857. The van der Waals surface area contributed by atoms with Crippen LogP contribution in [0.4, 0.5) is 15.9 Å². The van der Waals surface area contributed by atoms with Crippen molar-refractivity contribution in [3.63, 3.8) is 0 Å². The molecule has 0 fully saturated rings. The summed E-state index contributed by atoms with van der Waals surface area (Å²) in [5.41, 5.74) is 5.53. The zero-order valence-corrected chi connectivity index (χ0v) is 11.3. The van der Waals surface area contributed by atoms with Gasteiger partial charge >= 0.3 is 0 Å². The van der Waals surface area contributed by atoms with E-state index in [0.717, 1.165) is 6.07 Å². The fraction of sp³-hybridized carbons (Fsp3) is 0.100. The third-order valence-corrected chi connectivity index (χ3v) is 4.15. The number of sulfonamides is 1. The SMILES string of the molecule is Cn1cnc(N)c1S(=O)(=O)Nc1ccc(Cl)c(F)c1. The maximum Gasteiger partial charge on any atom is 0.281 e. The van der Waals surface area contributed by atoms with E-state index >= 15 is 0 Å². The predicted molar refractivity (Wildman–Crippen MR) is 69.8 cm³/mol. The van der Waals surface area contributed by atoms with Gasteiger partial charge in [-0.1, -0.05) is 11.6 Å². The molecule has 0 amide bonds. The molecule has 6 nitrogen and oxygen atoms in total. The minimum Gasteiger partial charge on any atom is -0.381 e. The quantitative estimate of drug-likeness (QED) is 0.901. The molecule has 102 valence electrons. The van der Waals surface area contributed by atoms with Crippen LogP contribution < -0.4 is 10.5 Å². The number of benzene rings is 1. The average molecular weight is 305 g/mol. The van der Waals surface area contributed by atoms with Crippen LogP contribution in [-0.4, -0.2) is 18.0 Å². The molecule has 9 heteroatoms. The van der Waals surface area contributed by atoms with Crippen LogP contribution >= 0.6 is 11.6 Å². The van der Waals surface area contributed by atoms with E-state index < -0.39 is 15.8 Å². The summed E-state index contributed by atoms with van der Waals surface area (Å²) in [5, 5.41) is -0.286. The Morgan fingerprint density at radius 1 is 1.47 bits per heavy atom. The molecule has 1 heterocycles. The number of rotatable bonds is 3. The van der Waals surface area contributed by atoms with Crippen molar-refractivity contribution < 1.29 is 12.8 Å². The molecule has 2 aromatic rings. The monoisotopic (exact) mass is 304 g/mol. The van der Waals surface area contributed by atoms with E-state index in [4.69, 9.17) is 17.3 Å². The fourth-order valence-electron chi connectivity index (χ4n) is 1.53. The third kappa shape index (κ3) is 2.64. The van der Waals surface area contributed by atoms with E-state index in [1.807, 2.05) is 0 Å². The molecular weight excluding hydrogens is 295 g/mol. The molecule has 19 heavy (non-hydrogen) atoms. The van der Waals surface area contributed by atoms with E-state index in [2.05, 4.69) is 9.71 Å². The Balaban J connectivity index is 2.39. The van der Waals surface area contributed by atoms with Crippen molar-refractivity contribution in [2.75, 3.05) is 10.5 Å². The number of nitrogens with two attached hydrogens (primary N) is 1. The van der Waals surface area contributed by atoms with Gasteiger partial charge in [-0.15, -0.1) is 0 Å². The molecule has 3 N–H and O–H groups in total. The summed E-state index contributed by atoms with van der Waals surface area (Å²) in [6.45, 7) is 0. The first-order valence-electron chi connectivity index (χ1n) is 5.06. The van der Waals surface area contributed by atoms with Crippen LogP contribution in [0.1, 0.15) is 0 Å². The van der Waals surface area contributed by atoms with Gasteiger partial charge in [0.2, 0.25) is 0 Å². The first-order chi connectivity index (χ1) is 8.81. The van der Waals surface area contributed by atoms with Gasteiger partial charge in [0, 0.05) is 7.05 Å². The summed E-state index contributed by atoms with van der Waals surface area (Å²) in [4.78, 5) is 3.68. The predicted octanol–water partition coefficient (Wildman–Crippen LogP) is 1.60. The smallest absolute Gasteiger partial charge is 0.281 e. The number of nitrogens with zero attached hydrogens (tertiary/aromatic N) is 2. The molecule has 0 aliphatic rings. The van der Waals surface area contributed by atoms with E-state index in [9.17, 15) is 12.8 Å². The molecular formula is C10H10ClFN4O2S. The highest BCUT2D eigenvalue weighted by molar-refractivity contribution is 7.92. The number of halogens is 2. The zero-order chi connectivity index (χ0) is 14.2. The molecule has 0 saturated heterocycles. The Morgan fingerprint density at radius 2 is 2.16 bits per heavy atom. The summed E-state index contributed by atoms with van der Waals surface area (Å²) in [7, 11) is -2.46. The van der Waals surface area contributed by atoms with Gasteiger partial charge in [-0.2, -0.15) is 8.42 Å². The topological polar surface area (TPSA) is 90.0 Å². The fourth-order valence-corrected chi connectivity index (χ4v) is 2.93. The van der Waals surface area contributed by atoms with Crippen molar-refractivity contribution in [1.82, 2.24) is 9.55 Å². The molecule has 2 rings (SSSR count). The van der Waals surface area contributed by atoms with Crippen LogP contribution in [0.2, 0.25) is 5.02 Å².